The Labute approximate surface area is 117 Å². The molecule has 0 aliphatic rings. The van der Waals surface area contributed by atoms with E-state index in [1.54, 1.807) is 6.92 Å². The zero-order valence-electron chi connectivity index (χ0n) is 12.1. The molecule has 6 heteroatoms. The van der Waals surface area contributed by atoms with Gasteiger partial charge >= 0.3 is 5.97 Å². The SMILES string of the molecule is COC(=O)C(CC(C)C)NC(=O)c1c[nH]c(C)cc1=O. The molecule has 0 fully saturated rings. The first kappa shape index (κ1) is 15.9. The Morgan fingerprint density at radius 2 is 2.05 bits per heavy atom. The predicted octanol–water partition coefficient (Wildman–Crippen LogP) is 1.00. The Morgan fingerprint density at radius 1 is 1.40 bits per heavy atom. The van der Waals surface area contributed by atoms with E-state index < -0.39 is 17.9 Å². The van der Waals surface area contributed by atoms with Crippen LogP contribution in [-0.4, -0.2) is 30.0 Å². The van der Waals surface area contributed by atoms with Crippen LogP contribution < -0.4 is 10.7 Å². The van der Waals surface area contributed by atoms with Gasteiger partial charge in [-0.15, -0.1) is 0 Å². The lowest BCUT2D eigenvalue weighted by atomic mass is 10.0. The van der Waals surface area contributed by atoms with Gasteiger partial charge in [0.05, 0.1) is 7.11 Å². The summed E-state index contributed by atoms with van der Waals surface area (Å²) in [7, 11) is 1.26. The molecule has 0 aliphatic carbocycles. The normalized spacial score (nSPS) is 12.1. The van der Waals surface area contributed by atoms with E-state index in [4.69, 9.17) is 0 Å². The van der Waals surface area contributed by atoms with E-state index in [9.17, 15) is 14.4 Å². The molecule has 0 saturated heterocycles. The average Bonchev–Trinajstić information content (AvgIpc) is 2.36. The minimum absolute atomic E-state index is 0.0201. The first-order chi connectivity index (χ1) is 9.35. The number of esters is 1. The summed E-state index contributed by atoms with van der Waals surface area (Å²) >= 11 is 0. The Hall–Kier alpha value is -2.11. The van der Waals surface area contributed by atoms with Gasteiger partial charge in [-0.1, -0.05) is 13.8 Å². The molecule has 1 atom stereocenters. The Bertz CT molecular complexity index is 548. The molecular formula is C14H20N2O4. The van der Waals surface area contributed by atoms with Crippen LogP contribution in [0.2, 0.25) is 0 Å². The summed E-state index contributed by atoms with van der Waals surface area (Å²) < 4.78 is 4.66. The third-order valence-corrected chi connectivity index (χ3v) is 2.80. The Balaban J connectivity index is 2.90. The first-order valence-corrected chi connectivity index (χ1v) is 6.43. The number of methoxy groups -OCH3 is 1. The quantitative estimate of drug-likeness (QED) is 0.788. The maximum atomic E-state index is 12.1. The van der Waals surface area contributed by atoms with Gasteiger partial charge in [-0.2, -0.15) is 0 Å². The van der Waals surface area contributed by atoms with Crippen molar-refractivity contribution in [2.24, 2.45) is 5.92 Å². The molecule has 0 saturated carbocycles. The van der Waals surface area contributed by atoms with E-state index in [2.05, 4.69) is 15.0 Å². The molecule has 1 heterocycles. The summed E-state index contributed by atoms with van der Waals surface area (Å²) in [6.07, 6.45) is 1.79. The van der Waals surface area contributed by atoms with Crippen molar-refractivity contribution in [2.75, 3.05) is 7.11 Å². The van der Waals surface area contributed by atoms with Gasteiger partial charge in [0.25, 0.3) is 5.91 Å². The number of hydrogen-bond donors (Lipinski definition) is 2. The van der Waals surface area contributed by atoms with Crippen LogP contribution in [0.25, 0.3) is 0 Å². The number of amides is 1. The largest absolute Gasteiger partial charge is 0.467 e. The zero-order chi connectivity index (χ0) is 15.3. The van der Waals surface area contributed by atoms with Crippen molar-refractivity contribution in [3.05, 3.63) is 33.7 Å². The molecule has 0 bridgehead atoms. The van der Waals surface area contributed by atoms with E-state index in [0.717, 1.165) is 0 Å². The van der Waals surface area contributed by atoms with E-state index in [0.29, 0.717) is 12.1 Å². The van der Waals surface area contributed by atoms with Crippen LogP contribution in [0, 0.1) is 12.8 Å². The van der Waals surface area contributed by atoms with Crippen LogP contribution in [0.1, 0.15) is 36.3 Å². The third-order valence-electron chi connectivity index (χ3n) is 2.80. The van der Waals surface area contributed by atoms with Gasteiger partial charge in [0.2, 0.25) is 0 Å². The zero-order valence-corrected chi connectivity index (χ0v) is 12.1. The minimum Gasteiger partial charge on any atom is -0.467 e. The standard InChI is InChI=1S/C14H20N2O4/c1-8(2)5-11(14(19)20-4)16-13(18)10-7-15-9(3)6-12(10)17/h6-8,11H,5H2,1-4H3,(H,15,17)(H,16,18). The monoisotopic (exact) mass is 280 g/mol. The lowest BCUT2D eigenvalue weighted by Crippen LogP contribution is -2.43. The lowest BCUT2D eigenvalue weighted by Gasteiger charge is -2.18. The minimum atomic E-state index is -0.756. The Kier molecular flexibility index (Phi) is 5.49. The molecule has 2 N–H and O–H groups in total. The van der Waals surface area contributed by atoms with Crippen LogP contribution in [-0.2, 0) is 9.53 Å². The predicted molar refractivity (Wildman–Crippen MR) is 74.5 cm³/mol. The van der Waals surface area contributed by atoms with E-state index >= 15 is 0 Å². The number of carbonyl (C=O) groups is 2. The highest BCUT2D eigenvalue weighted by atomic mass is 16.5. The number of nitrogens with one attached hydrogen (secondary N) is 2. The maximum Gasteiger partial charge on any atom is 0.328 e. The number of carbonyl (C=O) groups excluding carboxylic acids is 2. The molecule has 1 aromatic heterocycles. The highest BCUT2D eigenvalue weighted by Crippen LogP contribution is 2.07. The highest BCUT2D eigenvalue weighted by Gasteiger charge is 2.24. The first-order valence-electron chi connectivity index (χ1n) is 6.43. The number of rotatable bonds is 5. The van der Waals surface area contributed by atoms with E-state index in [-0.39, 0.29) is 16.9 Å². The molecule has 0 radical (unpaired) electrons. The fraction of sp³-hybridized carbons (Fsp3) is 0.500. The average molecular weight is 280 g/mol. The second-order valence-corrected chi connectivity index (χ2v) is 5.07. The van der Waals surface area contributed by atoms with Crippen LogP contribution in [0.4, 0.5) is 0 Å². The number of aryl methyl sites for hydroxylation is 1. The fourth-order valence-corrected chi connectivity index (χ4v) is 1.81. The van der Waals surface area contributed by atoms with Crippen molar-refractivity contribution in [1.82, 2.24) is 10.3 Å². The summed E-state index contributed by atoms with van der Waals surface area (Å²) in [6, 6.07) is 0.582. The van der Waals surface area contributed by atoms with Gasteiger partial charge in [0, 0.05) is 18.0 Å². The maximum absolute atomic E-state index is 12.1. The second-order valence-electron chi connectivity index (χ2n) is 5.07. The second kappa shape index (κ2) is 6.88. The Morgan fingerprint density at radius 3 is 2.55 bits per heavy atom. The highest BCUT2D eigenvalue weighted by molar-refractivity contribution is 5.96. The number of ether oxygens (including phenoxy) is 1. The summed E-state index contributed by atoms with van der Waals surface area (Å²) in [5.74, 6) is -0.895. The fourth-order valence-electron chi connectivity index (χ4n) is 1.81. The summed E-state index contributed by atoms with van der Waals surface area (Å²) in [5.41, 5.74) is 0.262. The third kappa shape index (κ3) is 4.22. The van der Waals surface area contributed by atoms with Crippen molar-refractivity contribution in [1.29, 1.82) is 0 Å². The molecule has 1 amide bonds. The van der Waals surface area contributed by atoms with Gasteiger partial charge < -0.3 is 15.0 Å². The van der Waals surface area contributed by atoms with Crippen LogP contribution in [0.15, 0.2) is 17.1 Å². The van der Waals surface area contributed by atoms with Crippen molar-refractivity contribution in [3.8, 4) is 0 Å². The van der Waals surface area contributed by atoms with Crippen LogP contribution in [0.3, 0.4) is 0 Å². The molecule has 1 unspecified atom stereocenters. The van der Waals surface area contributed by atoms with Crippen molar-refractivity contribution >= 4 is 11.9 Å². The summed E-state index contributed by atoms with van der Waals surface area (Å²) in [4.78, 5) is 38.2. The smallest absolute Gasteiger partial charge is 0.328 e. The van der Waals surface area contributed by atoms with Crippen molar-refractivity contribution in [2.45, 2.75) is 33.2 Å². The van der Waals surface area contributed by atoms with Gasteiger partial charge in [-0.25, -0.2) is 4.79 Å². The number of pyridine rings is 1. The molecule has 0 aromatic carbocycles. The number of hydrogen-bond acceptors (Lipinski definition) is 4. The van der Waals surface area contributed by atoms with E-state index in [1.165, 1.54) is 19.4 Å². The summed E-state index contributed by atoms with van der Waals surface area (Å²) in [6.45, 7) is 5.58. The molecule has 1 aromatic rings. The molecular weight excluding hydrogens is 260 g/mol. The number of H-pyrrole nitrogens is 1. The van der Waals surface area contributed by atoms with E-state index in [1.807, 2.05) is 13.8 Å². The van der Waals surface area contributed by atoms with Gasteiger partial charge in [0.1, 0.15) is 11.6 Å². The van der Waals surface area contributed by atoms with Crippen LogP contribution in [0.5, 0.6) is 0 Å². The topological polar surface area (TPSA) is 88.3 Å². The summed E-state index contributed by atoms with van der Waals surface area (Å²) in [5, 5.41) is 2.54. The number of aromatic amines is 1. The molecule has 110 valence electrons. The number of aromatic nitrogens is 1. The van der Waals surface area contributed by atoms with Crippen molar-refractivity contribution in [3.63, 3.8) is 0 Å². The van der Waals surface area contributed by atoms with Crippen LogP contribution >= 0.6 is 0 Å². The van der Waals surface area contributed by atoms with Crippen molar-refractivity contribution < 1.29 is 14.3 Å². The molecule has 0 aliphatic heterocycles. The molecule has 6 nitrogen and oxygen atoms in total. The molecule has 0 spiro atoms. The van der Waals surface area contributed by atoms with Gasteiger partial charge in [0.15, 0.2) is 5.43 Å². The lowest BCUT2D eigenvalue weighted by molar-refractivity contribution is -0.143. The van der Waals surface area contributed by atoms with Gasteiger partial charge in [-0.05, 0) is 19.3 Å². The molecule has 20 heavy (non-hydrogen) atoms. The van der Waals surface area contributed by atoms with Gasteiger partial charge in [-0.3, -0.25) is 9.59 Å². The molecule has 1 rings (SSSR count).